The van der Waals surface area contributed by atoms with Crippen LogP contribution in [0.4, 0.5) is 0 Å². The summed E-state index contributed by atoms with van der Waals surface area (Å²) in [5.41, 5.74) is 0.826. The molecule has 1 amide bonds. The van der Waals surface area contributed by atoms with Crippen LogP contribution in [0.2, 0.25) is 0 Å². The predicted octanol–water partition coefficient (Wildman–Crippen LogP) is 3.87. The van der Waals surface area contributed by atoms with Crippen LogP contribution < -0.4 is 5.32 Å². The highest BCUT2D eigenvalue weighted by molar-refractivity contribution is 7.89. The van der Waals surface area contributed by atoms with Crippen LogP contribution in [-0.2, 0) is 14.8 Å². The van der Waals surface area contributed by atoms with E-state index < -0.39 is 10.0 Å². The number of aryl methyl sites for hydroxylation is 1. The van der Waals surface area contributed by atoms with Gasteiger partial charge in [-0.3, -0.25) is 4.79 Å². The van der Waals surface area contributed by atoms with Gasteiger partial charge in [0.25, 0.3) is 0 Å². The van der Waals surface area contributed by atoms with Crippen LogP contribution in [0.1, 0.15) is 63.4 Å². The summed E-state index contributed by atoms with van der Waals surface area (Å²) in [5.74, 6) is 2.51. The number of amides is 1. The predicted molar refractivity (Wildman–Crippen MR) is 116 cm³/mol. The lowest BCUT2D eigenvalue weighted by Crippen LogP contribution is -2.54. The lowest BCUT2D eigenvalue weighted by atomic mass is 9.49. The molecule has 5 fully saturated rings. The highest BCUT2D eigenvalue weighted by Crippen LogP contribution is 2.60. The second-order valence-electron chi connectivity index (χ2n) is 10.5. The third kappa shape index (κ3) is 3.60. The molecule has 5 nitrogen and oxygen atoms in total. The number of rotatable bonds is 6. The Bertz CT molecular complexity index is 891. The van der Waals surface area contributed by atoms with Crippen molar-refractivity contribution in [3.8, 4) is 0 Å². The normalized spacial score (nSPS) is 35.6. The molecule has 1 unspecified atom stereocenters. The zero-order chi connectivity index (χ0) is 20.9. The van der Waals surface area contributed by atoms with Crippen molar-refractivity contribution >= 4 is 15.9 Å². The van der Waals surface area contributed by atoms with Gasteiger partial charge < -0.3 is 5.32 Å². The number of carbonyl (C=O) groups excluding carboxylic acids is 1. The molecule has 1 aromatic rings. The van der Waals surface area contributed by atoms with Crippen LogP contribution in [0, 0.1) is 30.1 Å². The van der Waals surface area contributed by atoms with Gasteiger partial charge in [-0.05, 0) is 100 Å². The van der Waals surface area contributed by atoms with Crippen molar-refractivity contribution in [2.75, 3.05) is 13.1 Å². The molecule has 4 bridgehead atoms. The Hall–Kier alpha value is -1.40. The van der Waals surface area contributed by atoms with E-state index >= 15 is 0 Å². The lowest BCUT2D eigenvalue weighted by Gasteiger charge is -2.55. The average molecular weight is 431 g/mol. The van der Waals surface area contributed by atoms with E-state index in [-0.39, 0.29) is 17.4 Å². The second kappa shape index (κ2) is 7.63. The van der Waals surface area contributed by atoms with Crippen LogP contribution in [0.15, 0.2) is 29.2 Å². The molecule has 1 atom stereocenters. The molecule has 6 rings (SSSR count). The second-order valence-corrected chi connectivity index (χ2v) is 12.4. The van der Waals surface area contributed by atoms with Crippen LogP contribution >= 0.6 is 0 Å². The third-order valence-electron chi connectivity index (χ3n) is 8.20. The van der Waals surface area contributed by atoms with E-state index in [1.807, 2.05) is 13.0 Å². The van der Waals surface area contributed by atoms with Crippen molar-refractivity contribution < 1.29 is 13.2 Å². The number of carbonyl (C=O) groups is 1. The van der Waals surface area contributed by atoms with Crippen LogP contribution in [-0.4, -0.2) is 37.8 Å². The van der Waals surface area contributed by atoms with Crippen LogP contribution in [0.5, 0.6) is 0 Å². The topological polar surface area (TPSA) is 66.5 Å². The van der Waals surface area contributed by atoms with Gasteiger partial charge in [-0.2, -0.15) is 4.31 Å². The summed E-state index contributed by atoms with van der Waals surface area (Å²) in [7, 11) is -3.48. The monoisotopic (exact) mass is 430 g/mol. The van der Waals surface area contributed by atoms with Crippen molar-refractivity contribution in [2.45, 2.75) is 75.6 Å². The fourth-order valence-corrected chi connectivity index (χ4v) is 9.08. The van der Waals surface area contributed by atoms with Crippen LogP contribution in [0.3, 0.4) is 0 Å². The Balaban J connectivity index is 1.21. The molecule has 4 aliphatic carbocycles. The molecular formula is C24H34N2O3S. The van der Waals surface area contributed by atoms with E-state index in [2.05, 4.69) is 5.32 Å². The standard InChI is InChI=1S/C24H34N2O3S/c1-17-4-2-6-22(10-17)30(28,29)26-9-3-5-21(26)7-8-25-23(27)24-14-18-11-19(15-24)13-20(12-18)16-24/h2,4,6,10,18-21H,3,5,7-9,11-16H2,1H3,(H,25,27). The maximum atomic E-state index is 13.2. The number of hydrogen-bond acceptors (Lipinski definition) is 3. The summed E-state index contributed by atoms with van der Waals surface area (Å²) in [6.07, 6.45) is 9.67. The van der Waals surface area contributed by atoms with E-state index in [1.54, 1.807) is 22.5 Å². The first-order chi connectivity index (χ1) is 14.4. The zero-order valence-electron chi connectivity index (χ0n) is 18.0. The quantitative estimate of drug-likeness (QED) is 0.745. The number of nitrogens with zero attached hydrogens (tertiary/aromatic N) is 1. The SMILES string of the molecule is Cc1cccc(S(=O)(=O)N2CCCC2CCNC(=O)C23CC4CC(CC(C4)C2)C3)c1. The average Bonchev–Trinajstić information content (AvgIpc) is 3.16. The van der Waals surface area contributed by atoms with E-state index in [9.17, 15) is 13.2 Å². The first kappa shape index (κ1) is 20.5. The maximum absolute atomic E-state index is 13.2. The van der Waals surface area contributed by atoms with Gasteiger partial charge in [-0.1, -0.05) is 12.1 Å². The van der Waals surface area contributed by atoms with Gasteiger partial charge in [0.05, 0.1) is 4.90 Å². The summed E-state index contributed by atoms with van der Waals surface area (Å²) in [4.78, 5) is 13.5. The zero-order valence-corrected chi connectivity index (χ0v) is 18.8. The van der Waals surface area contributed by atoms with E-state index in [1.165, 1.54) is 19.3 Å². The van der Waals surface area contributed by atoms with Gasteiger partial charge in [0.15, 0.2) is 0 Å². The Morgan fingerprint density at radius 3 is 2.43 bits per heavy atom. The molecule has 4 saturated carbocycles. The van der Waals surface area contributed by atoms with Crippen molar-refractivity contribution in [3.63, 3.8) is 0 Å². The minimum Gasteiger partial charge on any atom is -0.356 e. The molecular weight excluding hydrogens is 396 g/mol. The van der Waals surface area contributed by atoms with Crippen molar-refractivity contribution in [1.29, 1.82) is 0 Å². The third-order valence-corrected chi connectivity index (χ3v) is 10.2. The Labute approximate surface area is 180 Å². The minimum atomic E-state index is -3.48. The highest BCUT2D eigenvalue weighted by atomic mass is 32.2. The van der Waals surface area contributed by atoms with Gasteiger partial charge in [-0.25, -0.2) is 8.42 Å². The Morgan fingerprint density at radius 1 is 1.13 bits per heavy atom. The number of hydrogen-bond donors (Lipinski definition) is 1. The van der Waals surface area contributed by atoms with E-state index in [0.29, 0.717) is 24.4 Å². The molecule has 6 heteroatoms. The lowest BCUT2D eigenvalue weighted by molar-refractivity contribution is -0.146. The van der Waals surface area contributed by atoms with Gasteiger partial charge >= 0.3 is 0 Å². The first-order valence-corrected chi connectivity index (χ1v) is 13.2. The molecule has 1 saturated heterocycles. The van der Waals surface area contributed by atoms with Gasteiger partial charge in [0, 0.05) is 24.5 Å². The molecule has 1 N–H and O–H groups in total. The molecule has 1 aliphatic heterocycles. The molecule has 0 aromatic heterocycles. The molecule has 0 spiro atoms. The van der Waals surface area contributed by atoms with Gasteiger partial charge in [0.1, 0.15) is 0 Å². The van der Waals surface area contributed by atoms with Crippen molar-refractivity contribution in [2.24, 2.45) is 23.2 Å². The van der Waals surface area contributed by atoms with Gasteiger partial charge in [0.2, 0.25) is 15.9 Å². The fraction of sp³-hybridized carbons (Fsp3) is 0.708. The van der Waals surface area contributed by atoms with Crippen molar-refractivity contribution in [3.05, 3.63) is 29.8 Å². The van der Waals surface area contributed by atoms with E-state index in [4.69, 9.17) is 0 Å². The Morgan fingerprint density at radius 2 is 1.80 bits per heavy atom. The molecule has 0 radical (unpaired) electrons. The van der Waals surface area contributed by atoms with Gasteiger partial charge in [-0.15, -0.1) is 0 Å². The number of sulfonamides is 1. The van der Waals surface area contributed by atoms with Crippen LogP contribution in [0.25, 0.3) is 0 Å². The number of nitrogens with one attached hydrogen (secondary N) is 1. The maximum Gasteiger partial charge on any atom is 0.243 e. The molecule has 1 aromatic carbocycles. The smallest absolute Gasteiger partial charge is 0.243 e. The van der Waals surface area contributed by atoms with E-state index in [0.717, 1.165) is 55.4 Å². The summed E-state index contributed by atoms with van der Waals surface area (Å²) >= 11 is 0. The summed E-state index contributed by atoms with van der Waals surface area (Å²) in [6.45, 7) is 3.06. The molecule has 1 heterocycles. The minimum absolute atomic E-state index is 0.0211. The summed E-state index contributed by atoms with van der Waals surface area (Å²) in [6, 6.07) is 7.14. The molecule has 164 valence electrons. The molecule has 5 aliphatic rings. The number of benzene rings is 1. The van der Waals surface area contributed by atoms with Crippen molar-refractivity contribution in [1.82, 2.24) is 9.62 Å². The first-order valence-electron chi connectivity index (χ1n) is 11.7. The Kier molecular flexibility index (Phi) is 5.21. The summed E-state index contributed by atoms with van der Waals surface area (Å²) in [5, 5.41) is 3.23. The molecule has 30 heavy (non-hydrogen) atoms. The fourth-order valence-electron chi connectivity index (χ4n) is 7.25. The summed E-state index contributed by atoms with van der Waals surface area (Å²) < 4.78 is 28.0. The largest absolute Gasteiger partial charge is 0.356 e. The highest BCUT2D eigenvalue weighted by Gasteiger charge is 2.54.